The molecule has 3 rings (SSSR count). The lowest BCUT2D eigenvalue weighted by Crippen LogP contribution is -2.35. The summed E-state index contributed by atoms with van der Waals surface area (Å²) in [4.78, 5) is 33.7. The van der Waals surface area contributed by atoms with Crippen molar-refractivity contribution >= 4 is 34.3 Å². The van der Waals surface area contributed by atoms with Crippen LogP contribution in [0.15, 0.2) is 28.8 Å². The van der Waals surface area contributed by atoms with Gasteiger partial charge in [0.25, 0.3) is 11.6 Å². The number of nitrogens with zero attached hydrogens (tertiary/aromatic N) is 3. The van der Waals surface area contributed by atoms with Crippen molar-refractivity contribution in [2.75, 3.05) is 19.7 Å². The predicted molar refractivity (Wildman–Crippen MR) is 117 cm³/mol. The number of pyridine rings is 1. The van der Waals surface area contributed by atoms with Crippen molar-refractivity contribution in [3.63, 3.8) is 0 Å². The highest BCUT2D eigenvalue weighted by Crippen LogP contribution is 2.33. The molecular formula is C22H25N3O4S. The molecule has 0 N–H and O–H groups in total. The van der Waals surface area contributed by atoms with E-state index in [2.05, 4.69) is 16.7 Å². The van der Waals surface area contributed by atoms with Gasteiger partial charge in [0.1, 0.15) is 0 Å². The van der Waals surface area contributed by atoms with Crippen molar-refractivity contribution in [1.82, 2.24) is 15.0 Å². The Balaban J connectivity index is 1.91. The smallest absolute Gasteiger partial charge is 0.339 e. The number of fused-ring (bicyclic) bond motifs is 1. The van der Waals surface area contributed by atoms with Crippen LogP contribution in [0.4, 0.5) is 0 Å². The zero-order valence-electron chi connectivity index (χ0n) is 17.9. The molecule has 3 aromatic rings. The van der Waals surface area contributed by atoms with E-state index in [9.17, 15) is 9.59 Å². The van der Waals surface area contributed by atoms with E-state index in [1.807, 2.05) is 33.8 Å². The average molecular weight is 428 g/mol. The maximum absolute atomic E-state index is 12.9. The summed E-state index contributed by atoms with van der Waals surface area (Å²) in [7, 11) is 0. The van der Waals surface area contributed by atoms with Gasteiger partial charge in [-0.25, -0.2) is 9.78 Å². The Morgan fingerprint density at radius 2 is 2.00 bits per heavy atom. The number of hydrogen-bond donors (Lipinski definition) is 0. The molecule has 158 valence electrons. The van der Waals surface area contributed by atoms with E-state index in [1.54, 1.807) is 29.2 Å². The Morgan fingerprint density at radius 3 is 2.60 bits per heavy atom. The number of thiophene rings is 1. The van der Waals surface area contributed by atoms with E-state index < -0.39 is 5.97 Å². The topological polar surface area (TPSA) is 85.5 Å². The highest BCUT2D eigenvalue weighted by atomic mass is 32.1. The van der Waals surface area contributed by atoms with Gasteiger partial charge in [0.15, 0.2) is 6.61 Å². The van der Waals surface area contributed by atoms with Gasteiger partial charge in [-0.2, -0.15) is 0 Å². The molecule has 0 fully saturated rings. The minimum absolute atomic E-state index is 0.268. The standard InChI is InChI=1S/C22H25N3O4S/c1-7-25(10-12(2)3)19(26)11-28-22(27)17-9-18(16-8-13(4)30-15(16)6)23-21-20(17)14(5)24-29-21/h8-9H,2,7,10-11H2,1,3-6H3. The summed E-state index contributed by atoms with van der Waals surface area (Å²) in [6, 6.07) is 3.70. The van der Waals surface area contributed by atoms with E-state index in [0.29, 0.717) is 29.9 Å². The third kappa shape index (κ3) is 4.43. The molecule has 1 amide bonds. The highest BCUT2D eigenvalue weighted by molar-refractivity contribution is 7.12. The first kappa shape index (κ1) is 21.7. The number of carbonyl (C=O) groups is 2. The van der Waals surface area contributed by atoms with Gasteiger partial charge in [0, 0.05) is 28.4 Å². The number of aryl methyl sites for hydroxylation is 3. The zero-order chi connectivity index (χ0) is 22.0. The van der Waals surface area contributed by atoms with Crippen LogP contribution in [-0.2, 0) is 9.53 Å². The second-order valence-corrected chi connectivity index (χ2v) is 8.73. The molecule has 0 aliphatic carbocycles. The van der Waals surface area contributed by atoms with Crippen molar-refractivity contribution in [2.24, 2.45) is 0 Å². The minimum Gasteiger partial charge on any atom is -0.452 e. The van der Waals surface area contributed by atoms with Gasteiger partial charge in [-0.1, -0.05) is 17.3 Å². The summed E-state index contributed by atoms with van der Waals surface area (Å²) < 4.78 is 10.7. The normalized spacial score (nSPS) is 11.0. The van der Waals surface area contributed by atoms with Crippen molar-refractivity contribution < 1.29 is 18.8 Å². The Labute approximate surface area is 179 Å². The predicted octanol–water partition coefficient (Wildman–Crippen LogP) is 4.46. The number of aromatic nitrogens is 2. The average Bonchev–Trinajstić information content (AvgIpc) is 3.24. The molecule has 0 aliphatic heterocycles. The lowest BCUT2D eigenvalue weighted by atomic mass is 10.1. The fourth-order valence-electron chi connectivity index (χ4n) is 3.28. The second kappa shape index (κ2) is 8.79. The van der Waals surface area contributed by atoms with Gasteiger partial charge in [0.2, 0.25) is 0 Å². The van der Waals surface area contributed by atoms with E-state index >= 15 is 0 Å². The third-order valence-electron chi connectivity index (χ3n) is 4.68. The monoisotopic (exact) mass is 427 g/mol. The first-order chi connectivity index (χ1) is 14.2. The van der Waals surface area contributed by atoms with Crippen molar-refractivity contribution in [2.45, 2.75) is 34.6 Å². The molecule has 8 heteroatoms. The van der Waals surface area contributed by atoms with Crippen LogP contribution >= 0.6 is 11.3 Å². The van der Waals surface area contributed by atoms with Crippen LogP contribution < -0.4 is 0 Å². The maximum atomic E-state index is 12.9. The largest absolute Gasteiger partial charge is 0.452 e. The van der Waals surface area contributed by atoms with Gasteiger partial charge in [-0.15, -0.1) is 11.3 Å². The first-order valence-corrected chi connectivity index (χ1v) is 10.5. The molecule has 0 saturated carbocycles. The third-order valence-corrected chi connectivity index (χ3v) is 5.64. The molecule has 3 aromatic heterocycles. The molecule has 0 unspecified atom stereocenters. The molecule has 3 heterocycles. The number of ether oxygens (including phenoxy) is 1. The van der Waals surface area contributed by atoms with Crippen LogP contribution in [0.25, 0.3) is 22.4 Å². The van der Waals surface area contributed by atoms with E-state index in [4.69, 9.17) is 9.26 Å². The molecule has 0 atom stereocenters. The fourth-order valence-corrected chi connectivity index (χ4v) is 4.21. The fraction of sp³-hybridized carbons (Fsp3) is 0.364. The van der Waals surface area contributed by atoms with Crippen molar-refractivity contribution in [3.8, 4) is 11.3 Å². The number of hydrogen-bond acceptors (Lipinski definition) is 7. The van der Waals surface area contributed by atoms with Gasteiger partial charge >= 0.3 is 5.97 Å². The molecule has 0 spiro atoms. The number of carbonyl (C=O) groups excluding carboxylic acids is 2. The summed E-state index contributed by atoms with van der Waals surface area (Å²) >= 11 is 1.65. The van der Waals surface area contributed by atoms with Gasteiger partial charge in [0.05, 0.1) is 22.3 Å². The van der Waals surface area contributed by atoms with Crippen molar-refractivity contribution in [3.05, 3.63) is 45.3 Å². The Morgan fingerprint density at radius 1 is 1.27 bits per heavy atom. The van der Waals surface area contributed by atoms with Crippen molar-refractivity contribution in [1.29, 1.82) is 0 Å². The zero-order valence-corrected chi connectivity index (χ0v) is 18.7. The molecule has 0 saturated heterocycles. The van der Waals surface area contributed by atoms with E-state index in [1.165, 1.54) is 0 Å². The molecule has 30 heavy (non-hydrogen) atoms. The quantitative estimate of drug-likeness (QED) is 0.409. The van der Waals surface area contributed by atoms with Gasteiger partial charge in [-0.3, -0.25) is 4.79 Å². The van der Waals surface area contributed by atoms with E-state index in [0.717, 1.165) is 20.9 Å². The van der Waals surface area contributed by atoms with E-state index in [-0.39, 0.29) is 23.8 Å². The summed E-state index contributed by atoms with van der Waals surface area (Å²) in [5.41, 5.74) is 3.49. The molecule has 7 nitrogen and oxygen atoms in total. The van der Waals surface area contributed by atoms with Gasteiger partial charge in [-0.05, 0) is 46.8 Å². The lowest BCUT2D eigenvalue weighted by Gasteiger charge is -2.20. The number of rotatable bonds is 7. The SMILES string of the molecule is C=C(C)CN(CC)C(=O)COC(=O)c1cc(-c2cc(C)sc2C)nc2onc(C)c12. The molecule has 0 aromatic carbocycles. The summed E-state index contributed by atoms with van der Waals surface area (Å²) in [5, 5.41) is 4.44. The van der Waals surface area contributed by atoms with Crippen LogP contribution in [0.1, 0.15) is 39.7 Å². The number of likely N-dealkylation sites (N-methyl/N-ethyl adjacent to an activating group) is 1. The highest BCUT2D eigenvalue weighted by Gasteiger charge is 2.23. The Bertz CT molecular complexity index is 1130. The van der Waals surface area contributed by atoms with Gasteiger partial charge < -0.3 is 14.2 Å². The molecule has 0 radical (unpaired) electrons. The van der Waals surface area contributed by atoms with Crippen LogP contribution in [0.3, 0.4) is 0 Å². The number of amides is 1. The minimum atomic E-state index is -0.612. The Hall–Kier alpha value is -3.00. The number of esters is 1. The van der Waals surface area contributed by atoms with Crippen LogP contribution in [0.5, 0.6) is 0 Å². The van der Waals surface area contributed by atoms with Crippen LogP contribution in [0, 0.1) is 20.8 Å². The lowest BCUT2D eigenvalue weighted by molar-refractivity contribution is -0.133. The van der Waals surface area contributed by atoms with Crippen LogP contribution in [-0.4, -0.2) is 46.6 Å². The molecule has 0 bridgehead atoms. The Kier molecular flexibility index (Phi) is 6.36. The second-order valence-electron chi connectivity index (χ2n) is 7.27. The van der Waals surface area contributed by atoms with Crippen LogP contribution in [0.2, 0.25) is 0 Å². The summed E-state index contributed by atoms with van der Waals surface area (Å²) in [5.74, 6) is -0.884. The summed E-state index contributed by atoms with van der Waals surface area (Å²) in [6.07, 6.45) is 0. The molecular weight excluding hydrogens is 402 g/mol. The molecule has 0 aliphatic rings. The summed E-state index contributed by atoms with van der Waals surface area (Å²) in [6.45, 7) is 13.9. The first-order valence-electron chi connectivity index (χ1n) is 9.65. The maximum Gasteiger partial charge on any atom is 0.339 e.